The third-order valence-corrected chi connectivity index (χ3v) is 2.93. The average molecular weight is 207 g/mol. The van der Waals surface area contributed by atoms with Gasteiger partial charge in [0.25, 0.3) is 0 Å². The molecule has 1 N–H and O–H groups in total. The van der Waals surface area contributed by atoms with Gasteiger partial charge in [-0.25, -0.2) is 0 Å². The summed E-state index contributed by atoms with van der Waals surface area (Å²) in [6.45, 7) is 3.46. The molecule has 1 heterocycles. The van der Waals surface area contributed by atoms with Crippen LogP contribution >= 0.6 is 11.3 Å². The molecule has 1 aromatic carbocycles. The molecule has 1 aromatic heterocycles. The number of thiazole rings is 1. The Balaban J connectivity index is 2.80. The average Bonchev–Trinajstić information content (AvgIpc) is 2.53. The summed E-state index contributed by atoms with van der Waals surface area (Å²) in [4.78, 5) is 11.3. The zero-order valence-electron chi connectivity index (χ0n) is 7.38. The number of hydrogen-bond acceptors (Lipinski definition) is 3. The van der Waals surface area contributed by atoms with Crippen LogP contribution in [0.4, 0.5) is 0 Å². The molecule has 2 aromatic rings. The van der Waals surface area contributed by atoms with Gasteiger partial charge in [-0.3, -0.25) is 9.36 Å². The van der Waals surface area contributed by atoms with E-state index in [1.807, 2.05) is 18.2 Å². The van der Waals surface area contributed by atoms with Gasteiger partial charge in [-0.1, -0.05) is 30.0 Å². The van der Waals surface area contributed by atoms with Crippen molar-refractivity contribution in [2.45, 2.75) is 6.23 Å². The first kappa shape index (κ1) is 9.18. The van der Waals surface area contributed by atoms with Crippen LogP contribution in [0.1, 0.15) is 6.23 Å². The molecular formula is C10H9NO2S. The zero-order chi connectivity index (χ0) is 10.1. The molecule has 0 aliphatic rings. The van der Waals surface area contributed by atoms with E-state index in [0.29, 0.717) is 0 Å². The lowest BCUT2D eigenvalue weighted by atomic mass is 10.3. The van der Waals surface area contributed by atoms with Crippen molar-refractivity contribution in [3.8, 4) is 0 Å². The summed E-state index contributed by atoms with van der Waals surface area (Å²) >= 11 is 1.12. The highest BCUT2D eigenvalue weighted by atomic mass is 32.1. The van der Waals surface area contributed by atoms with E-state index < -0.39 is 6.23 Å². The number of fused-ring (bicyclic) bond motifs is 1. The van der Waals surface area contributed by atoms with Gasteiger partial charge >= 0.3 is 4.87 Å². The van der Waals surface area contributed by atoms with Crippen molar-refractivity contribution in [3.05, 3.63) is 46.6 Å². The van der Waals surface area contributed by atoms with Crippen LogP contribution in [0, 0.1) is 0 Å². The number of aromatic nitrogens is 1. The largest absolute Gasteiger partial charge is 0.369 e. The van der Waals surface area contributed by atoms with Crippen molar-refractivity contribution in [2.75, 3.05) is 0 Å². The first-order valence-corrected chi connectivity index (χ1v) is 4.96. The molecule has 4 heteroatoms. The summed E-state index contributed by atoms with van der Waals surface area (Å²) < 4.78 is 2.20. The maximum absolute atomic E-state index is 11.5. The third kappa shape index (κ3) is 1.29. The highest BCUT2D eigenvalue weighted by molar-refractivity contribution is 7.16. The van der Waals surface area contributed by atoms with E-state index in [2.05, 4.69) is 6.58 Å². The van der Waals surface area contributed by atoms with Gasteiger partial charge in [-0.15, -0.1) is 0 Å². The van der Waals surface area contributed by atoms with Crippen molar-refractivity contribution < 1.29 is 5.11 Å². The van der Waals surface area contributed by atoms with Crippen LogP contribution in [0.25, 0.3) is 10.2 Å². The van der Waals surface area contributed by atoms with Crippen molar-refractivity contribution in [3.63, 3.8) is 0 Å². The van der Waals surface area contributed by atoms with E-state index in [1.165, 1.54) is 10.6 Å². The fourth-order valence-corrected chi connectivity index (χ4v) is 2.25. The smallest absolute Gasteiger partial charge is 0.310 e. The van der Waals surface area contributed by atoms with Crippen LogP contribution in [0.15, 0.2) is 41.7 Å². The standard InChI is InChI=1S/C10H9NO2S/c1-2-9(12)11-7-5-3-4-6-8(7)14-10(11)13/h2-6,9,12H,1H2. The monoisotopic (exact) mass is 207 g/mol. The van der Waals surface area contributed by atoms with Crippen LogP contribution in [0.2, 0.25) is 0 Å². The molecule has 0 radical (unpaired) electrons. The maximum atomic E-state index is 11.5. The molecule has 2 rings (SSSR count). The van der Waals surface area contributed by atoms with Crippen molar-refractivity contribution in [1.82, 2.24) is 4.57 Å². The van der Waals surface area contributed by atoms with Gasteiger partial charge in [-0.05, 0) is 18.2 Å². The fraction of sp³-hybridized carbons (Fsp3) is 0.100. The Kier molecular flexibility index (Phi) is 2.23. The fourth-order valence-electron chi connectivity index (χ4n) is 1.34. The zero-order valence-corrected chi connectivity index (χ0v) is 8.20. The summed E-state index contributed by atoms with van der Waals surface area (Å²) in [5, 5.41) is 9.55. The number of nitrogens with zero attached hydrogens (tertiary/aromatic N) is 1. The van der Waals surface area contributed by atoms with Crippen LogP contribution in [0.5, 0.6) is 0 Å². The Morgan fingerprint density at radius 1 is 1.50 bits per heavy atom. The van der Waals surface area contributed by atoms with Gasteiger partial charge in [0.2, 0.25) is 0 Å². The van der Waals surface area contributed by atoms with Gasteiger partial charge in [0.05, 0.1) is 10.2 Å². The molecule has 3 nitrogen and oxygen atoms in total. The summed E-state index contributed by atoms with van der Waals surface area (Å²) in [6.07, 6.45) is 0.388. The Morgan fingerprint density at radius 2 is 2.21 bits per heavy atom. The van der Waals surface area contributed by atoms with Gasteiger partial charge in [-0.2, -0.15) is 0 Å². The van der Waals surface area contributed by atoms with Crippen LogP contribution < -0.4 is 4.87 Å². The third-order valence-electron chi connectivity index (χ3n) is 1.99. The Hall–Kier alpha value is -1.39. The van der Waals surface area contributed by atoms with Gasteiger partial charge in [0.1, 0.15) is 0 Å². The molecule has 1 atom stereocenters. The second-order valence-corrected chi connectivity index (χ2v) is 3.85. The molecule has 0 spiro atoms. The quantitative estimate of drug-likeness (QED) is 0.762. The molecule has 14 heavy (non-hydrogen) atoms. The lowest BCUT2D eigenvalue weighted by Gasteiger charge is -2.06. The number of para-hydroxylation sites is 1. The highest BCUT2D eigenvalue weighted by Crippen LogP contribution is 2.19. The SMILES string of the molecule is C=CC(O)n1c(=O)sc2ccccc21. The van der Waals surface area contributed by atoms with Crippen molar-refractivity contribution in [1.29, 1.82) is 0 Å². The Bertz CT molecular complexity index is 526. The lowest BCUT2D eigenvalue weighted by Crippen LogP contribution is -2.17. The topological polar surface area (TPSA) is 42.2 Å². The van der Waals surface area contributed by atoms with E-state index in [9.17, 15) is 9.90 Å². The molecule has 0 bridgehead atoms. The van der Waals surface area contributed by atoms with Gasteiger partial charge in [0.15, 0.2) is 6.23 Å². The molecule has 0 saturated carbocycles. The highest BCUT2D eigenvalue weighted by Gasteiger charge is 2.10. The first-order chi connectivity index (χ1) is 6.74. The predicted molar refractivity (Wildman–Crippen MR) is 57.5 cm³/mol. The van der Waals surface area contributed by atoms with E-state index in [-0.39, 0.29) is 4.87 Å². The Morgan fingerprint density at radius 3 is 2.93 bits per heavy atom. The molecule has 0 amide bonds. The molecular weight excluding hydrogens is 198 g/mol. The van der Waals surface area contributed by atoms with E-state index in [0.717, 1.165) is 21.6 Å². The normalized spacial score (nSPS) is 12.9. The van der Waals surface area contributed by atoms with Crippen LogP contribution in [0.3, 0.4) is 0 Å². The summed E-state index contributed by atoms with van der Waals surface area (Å²) in [7, 11) is 0. The molecule has 0 aliphatic carbocycles. The molecule has 72 valence electrons. The van der Waals surface area contributed by atoms with Gasteiger partial charge < -0.3 is 5.11 Å². The van der Waals surface area contributed by atoms with E-state index in [1.54, 1.807) is 6.07 Å². The van der Waals surface area contributed by atoms with Gasteiger partial charge in [0, 0.05) is 0 Å². The second kappa shape index (κ2) is 3.40. The van der Waals surface area contributed by atoms with Crippen molar-refractivity contribution >= 4 is 21.6 Å². The first-order valence-electron chi connectivity index (χ1n) is 4.14. The van der Waals surface area contributed by atoms with E-state index >= 15 is 0 Å². The molecule has 0 aliphatic heterocycles. The number of aliphatic hydroxyl groups excluding tert-OH is 1. The summed E-state index contributed by atoms with van der Waals surface area (Å²) in [5.41, 5.74) is 0.745. The minimum absolute atomic E-state index is 0.168. The summed E-state index contributed by atoms with van der Waals surface area (Å²) in [5.74, 6) is 0. The Labute approximate surface area is 84.5 Å². The second-order valence-electron chi connectivity index (χ2n) is 2.86. The van der Waals surface area contributed by atoms with Crippen molar-refractivity contribution in [2.24, 2.45) is 0 Å². The molecule has 1 unspecified atom stereocenters. The van der Waals surface area contributed by atoms with Crippen LogP contribution in [-0.4, -0.2) is 9.67 Å². The number of hydrogen-bond donors (Lipinski definition) is 1. The van der Waals surface area contributed by atoms with E-state index in [4.69, 9.17) is 0 Å². The number of benzene rings is 1. The molecule has 0 fully saturated rings. The summed E-state index contributed by atoms with van der Waals surface area (Å²) in [6, 6.07) is 7.36. The minimum atomic E-state index is -0.946. The predicted octanol–water partition coefficient (Wildman–Crippen LogP) is 1.74. The minimum Gasteiger partial charge on any atom is -0.369 e. The van der Waals surface area contributed by atoms with Crippen LogP contribution in [-0.2, 0) is 0 Å². The maximum Gasteiger partial charge on any atom is 0.310 e. The number of aliphatic hydroxyl groups is 1. The number of rotatable bonds is 2. The molecule has 0 saturated heterocycles. The lowest BCUT2D eigenvalue weighted by molar-refractivity contribution is 0.157.